The molecule has 8 heteroatoms. The van der Waals surface area contributed by atoms with Crippen molar-refractivity contribution < 1.29 is 23.1 Å². The van der Waals surface area contributed by atoms with Crippen molar-refractivity contribution in [3.05, 3.63) is 76.6 Å². The van der Waals surface area contributed by atoms with Crippen LogP contribution >= 0.6 is 0 Å². The number of nitrogens with one attached hydrogen (secondary N) is 1. The van der Waals surface area contributed by atoms with Gasteiger partial charge in [-0.05, 0) is 73.2 Å². The Balaban J connectivity index is 1.91. The van der Waals surface area contributed by atoms with Crippen molar-refractivity contribution in [2.45, 2.75) is 52.3 Å². The number of alkyl halides is 3. The van der Waals surface area contributed by atoms with Gasteiger partial charge in [0, 0.05) is 30.1 Å². The first-order valence-electron chi connectivity index (χ1n) is 10.7. The van der Waals surface area contributed by atoms with Gasteiger partial charge >= 0.3 is 12.1 Å². The number of carboxylic acid groups (broad SMARTS) is 1. The summed E-state index contributed by atoms with van der Waals surface area (Å²) in [5.41, 5.74) is 4.60. The van der Waals surface area contributed by atoms with Gasteiger partial charge in [0.05, 0.1) is 11.6 Å². The molecule has 1 aromatic heterocycles. The molecule has 0 spiro atoms. The number of benzene rings is 2. The second-order valence-electron chi connectivity index (χ2n) is 8.03. The highest BCUT2D eigenvalue weighted by Gasteiger charge is 2.29. The number of aromatic carboxylic acids is 1. The maximum atomic E-state index is 13.0. The number of anilines is 1. The van der Waals surface area contributed by atoms with Gasteiger partial charge in [-0.3, -0.25) is 0 Å². The molecule has 0 fully saturated rings. The Kier molecular flexibility index (Phi) is 7.36. The van der Waals surface area contributed by atoms with Gasteiger partial charge in [-0.1, -0.05) is 19.1 Å². The van der Waals surface area contributed by atoms with Crippen LogP contribution in [0.4, 0.5) is 18.9 Å². The van der Waals surface area contributed by atoms with Crippen LogP contribution in [0.2, 0.25) is 0 Å². The zero-order valence-corrected chi connectivity index (χ0v) is 18.7. The van der Waals surface area contributed by atoms with Crippen molar-refractivity contribution in [1.82, 2.24) is 9.97 Å². The molecule has 0 aliphatic rings. The Hall–Kier alpha value is -3.42. The lowest BCUT2D eigenvalue weighted by Gasteiger charge is -2.24. The van der Waals surface area contributed by atoms with E-state index < -0.39 is 24.6 Å². The van der Waals surface area contributed by atoms with Crippen LogP contribution in [0.15, 0.2) is 48.8 Å². The number of carbonyl (C=O) groups is 1. The summed E-state index contributed by atoms with van der Waals surface area (Å²) in [6.45, 7) is 5.52. The minimum absolute atomic E-state index is 0.155. The fourth-order valence-electron chi connectivity index (χ4n) is 3.70. The average molecular weight is 457 g/mol. The second kappa shape index (κ2) is 10.0. The highest BCUT2D eigenvalue weighted by atomic mass is 19.4. The molecule has 3 aromatic rings. The molecule has 33 heavy (non-hydrogen) atoms. The second-order valence-corrected chi connectivity index (χ2v) is 8.03. The Labute approximate surface area is 190 Å². The number of carboxylic acids is 1. The van der Waals surface area contributed by atoms with Crippen LogP contribution in [0.25, 0.3) is 11.4 Å². The molecule has 0 radical (unpaired) electrons. The Morgan fingerprint density at radius 1 is 1.06 bits per heavy atom. The lowest BCUT2D eigenvalue weighted by atomic mass is 9.94. The number of aryl methyl sites for hydroxylation is 3. The normalized spacial score (nSPS) is 12.4. The van der Waals surface area contributed by atoms with Crippen LogP contribution in [0, 0.1) is 13.8 Å². The van der Waals surface area contributed by atoms with Crippen LogP contribution in [0.3, 0.4) is 0 Å². The largest absolute Gasteiger partial charge is 0.478 e. The molecule has 0 aliphatic heterocycles. The van der Waals surface area contributed by atoms with Gasteiger partial charge in [-0.15, -0.1) is 0 Å². The molecule has 174 valence electrons. The van der Waals surface area contributed by atoms with E-state index in [4.69, 9.17) is 0 Å². The summed E-state index contributed by atoms with van der Waals surface area (Å²) in [5.74, 6) is -0.491. The summed E-state index contributed by atoms with van der Waals surface area (Å²) >= 11 is 0. The number of nitrogens with zero attached hydrogens (tertiary/aromatic N) is 2. The number of hydrogen-bond acceptors (Lipinski definition) is 4. The van der Waals surface area contributed by atoms with Gasteiger partial charge in [0.2, 0.25) is 0 Å². The van der Waals surface area contributed by atoms with Crippen molar-refractivity contribution in [3.63, 3.8) is 0 Å². The first-order valence-corrected chi connectivity index (χ1v) is 10.7. The summed E-state index contributed by atoms with van der Waals surface area (Å²) in [5, 5.41) is 12.4. The molecule has 1 heterocycles. The third-order valence-electron chi connectivity index (χ3n) is 5.53. The van der Waals surface area contributed by atoms with E-state index in [1.807, 2.05) is 26.0 Å². The molecule has 5 nitrogen and oxygen atoms in total. The predicted molar refractivity (Wildman–Crippen MR) is 121 cm³/mol. The zero-order chi connectivity index (χ0) is 24.2. The van der Waals surface area contributed by atoms with Gasteiger partial charge in [0.25, 0.3) is 0 Å². The van der Waals surface area contributed by atoms with Gasteiger partial charge in [0.1, 0.15) is 0 Å². The van der Waals surface area contributed by atoms with Crippen molar-refractivity contribution in [1.29, 1.82) is 0 Å². The maximum Gasteiger partial charge on any atom is 0.389 e. The highest BCUT2D eigenvalue weighted by molar-refractivity contribution is 5.89. The van der Waals surface area contributed by atoms with E-state index >= 15 is 0 Å². The third-order valence-corrected chi connectivity index (χ3v) is 5.53. The van der Waals surface area contributed by atoms with E-state index in [-0.39, 0.29) is 12.0 Å². The summed E-state index contributed by atoms with van der Waals surface area (Å²) in [6, 6.07) is 9.53. The van der Waals surface area contributed by atoms with Crippen molar-refractivity contribution in [2.75, 3.05) is 5.32 Å². The van der Waals surface area contributed by atoms with Crippen LogP contribution in [-0.2, 0) is 6.42 Å². The molecule has 1 atom stereocenters. The fourth-order valence-corrected chi connectivity index (χ4v) is 3.70. The molecule has 0 amide bonds. The van der Waals surface area contributed by atoms with E-state index in [0.717, 1.165) is 28.7 Å². The van der Waals surface area contributed by atoms with E-state index in [1.54, 1.807) is 37.5 Å². The van der Waals surface area contributed by atoms with Crippen LogP contribution in [-0.4, -0.2) is 27.2 Å². The summed E-state index contributed by atoms with van der Waals surface area (Å²) < 4.78 is 39.0. The first-order chi connectivity index (χ1) is 15.6. The van der Waals surface area contributed by atoms with Crippen molar-refractivity contribution in [3.8, 4) is 11.4 Å². The topological polar surface area (TPSA) is 75.1 Å². The quantitative estimate of drug-likeness (QED) is 0.403. The standard InChI is InChI=1S/C25H26F3N3O2/c1-4-17-13-29-23(30-14-17)18-5-7-20(15(2)11-18)22(9-10-25(26,27)28)31-19-6-8-21(24(32)33)16(3)12-19/h5-8,11-14,22,31H,4,9-10H2,1-3H3,(H,32,33). The van der Waals surface area contributed by atoms with Crippen LogP contribution < -0.4 is 5.32 Å². The Morgan fingerprint density at radius 2 is 1.76 bits per heavy atom. The number of hydrogen-bond donors (Lipinski definition) is 2. The van der Waals surface area contributed by atoms with E-state index in [0.29, 0.717) is 17.1 Å². The predicted octanol–water partition coefficient (Wildman–Crippen LogP) is 6.52. The molecule has 3 rings (SSSR count). The summed E-state index contributed by atoms with van der Waals surface area (Å²) in [4.78, 5) is 20.0. The molecule has 2 N–H and O–H groups in total. The summed E-state index contributed by atoms with van der Waals surface area (Å²) in [6.07, 6.45) is -1.03. The molecule has 2 aromatic carbocycles. The molecular formula is C25H26F3N3O2. The van der Waals surface area contributed by atoms with Crippen molar-refractivity contribution in [2.24, 2.45) is 0 Å². The zero-order valence-electron chi connectivity index (χ0n) is 18.7. The molecule has 0 saturated heterocycles. The van der Waals surface area contributed by atoms with Gasteiger partial charge in [0.15, 0.2) is 5.82 Å². The molecule has 0 saturated carbocycles. The number of halogens is 3. The number of rotatable bonds is 8. The Morgan fingerprint density at radius 3 is 2.30 bits per heavy atom. The van der Waals surface area contributed by atoms with Crippen LogP contribution in [0.1, 0.15) is 58.4 Å². The van der Waals surface area contributed by atoms with Crippen LogP contribution in [0.5, 0.6) is 0 Å². The van der Waals surface area contributed by atoms with E-state index in [9.17, 15) is 23.1 Å². The lowest BCUT2D eigenvalue weighted by molar-refractivity contribution is -0.136. The molecule has 1 unspecified atom stereocenters. The average Bonchev–Trinajstić information content (AvgIpc) is 2.76. The first kappa shape index (κ1) is 24.2. The van der Waals surface area contributed by atoms with Gasteiger partial charge in [-0.2, -0.15) is 13.2 Å². The molecule has 0 aliphatic carbocycles. The third kappa shape index (κ3) is 6.31. The SMILES string of the molecule is CCc1cnc(-c2ccc(C(CCC(F)(F)F)Nc3ccc(C(=O)O)c(C)c3)c(C)c2)nc1. The highest BCUT2D eigenvalue weighted by Crippen LogP contribution is 2.33. The minimum atomic E-state index is -4.29. The maximum absolute atomic E-state index is 13.0. The Bertz CT molecular complexity index is 1130. The minimum Gasteiger partial charge on any atom is -0.478 e. The fraction of sp³-hybridized carbons (Fsp3) is 0.320. The molecular weight excluding hydrogens is 431 g/mol. The smallest absolute Gasteiger partial charge is 0.389 e. The van der Waals surface area contributed by atoms with E-state index in [1.165, 1.54) is 6.07 Å². The molecule has 0 bridgehead atoms. The van der Waals surface area contributed by atoms with Crippen molar-refractivity contribution >= 4 is 11.7 Å². The van der Waals surface area contributed by atoms with E-state index in [2.05, 4.69) is 15.3 Å². The summed E-state index contributed by atoms with van der Waals surface area (Å²) in [7, 11) is 0. The monoisotopic (exact) mass is 457 g/mol. The lowest BCUT2D eigenvalue weighted by Crippen LogP contribution is -2.17. The van der Waals surface area contributed by atoms with Gasteiger partial charge in [-0.25, -0.2) is 14.8 Å². The number of aromatic nitrogens is 2. The van der Waals surface area contributed by atoms with Gasteiger partial charge < -0.3 is 10.4 Å².